The van der Waals surface area contributed by atoms with E-state index in [0.29, 0.717) is 28.7 Å². The van der Waals surface area contributed by atoms with Gasteiger partial charge in [0.25, 0.3) is 0 Å². The van der Waals surface area contributed by atoms with Gasteiger partial charge in [-0.15, -0.1) is 0 Å². The van der Waals surface area contributed by atoms with Crippen molar-refractivity contribution >= 4 is 44.1 Å². The zero-order valence-electron chi connectivity index (χ0n) is 23.0. The predicted octanol–water partition coefficient (Wildman–Crippen LogP) is 6.15. The zero-order valence-corrected chi connectivity index (χ0v) is 23.8. The molecule has 0 bridgehead atoms. The standard InChI is InChI=1S/C29H35FN6O2S/c1-19-18-31-28(33-22-8-9-24(25(30)16-22)20-10-13-35(5)14-11-20)34-27(19)32-23-7-6-21-12-15-36(26(21)17-23)39(37,38)29(2,3)4/h6-9,12,15-18,20H,10-11,13-14H2,1-5H3,(H2,31,32,33,34). The first-order chi connectivity index (χ1) is 18.4. The second kappa shape index (κ2) is 10.2. The van der Waals surface area contributed by atoms with Crippen LogP contribution in [0.1, 0.15) is 50.7 Å². The summed E-state index contributed by atoms with van der Waals surface area (Å²) in [7, 11) is -1.50. The molecule has 8 nitrogen and oxygen atoms in total. The van der Waals surface area contributed by atoms with Gasteiger partial charge in [-0.1, -0.05) is 12.1 Å². The highest BCUT2D eigenvalue weighted by atomic mass is 32.2. The zero-order chi connectivity index (χ0) is 27.9. The highest BCUT2D eigenvalue weighted by molar-refractivity contribution is 7.91. The van der Waals surface area contributed by atoms with Crippen molar-refractivity contribution in [2.45, 2.75) is 51.2 Å². The van der Waals surface area contributed by atoms with Crippen molar-refractivity contribution in [3.05, 3.63) is 71.8 Å². The van der Waals surface area contributed by atoms with Crippen LogP contribution in [0.3, 0.4) is 0 Å². The van der Waals surface area contributed by atoms with Crippen molar-refractivity contribution in [3.63, 3.8) is 0 Å². The number of likely N-dealkylation sites (tertiary alicyclic amines) is 1. The van der Waals surface area contributed by atoms with Gasteiger partial charge >= 0.3 is 0 Å². The molecule has 206 valence electrons. The first-order valence-electron chi connectivity index (χ1n) is 13.1. The normalized spacial score (nSPS) is 15.5. The molecule has 0 amide bonds. The molecule has 2 aromatic carbocycles. The SMILES string of the molecule is Cc1cnc(Nc2ccc(C3CCN(C)CC3)c(F)c2)nc1Nc1ccc2ccn(S(=O)(=O)C(C)(C)C)c2c1. The molecule has 4 aromatic rings. The molecule has 10 heteroatoms. The van der Waals surface area contributed by atoms with E-state index in [4.69, 9.17) is 0 Å². The smallest absolute Gasteiger partial charge is 0.243 e. The average Bonchev–Trinajstić information content (AvgIpc) is 3.30. The molecule has 0 aliphatic carbocycles. The molecule has 1 fully saturated rings. The van der Waals surface area contributed by atoms with Crippen molar-refractivity contribution in [1.82, 2.24) is 18.8 Å². The molecule has 1 aliphatic heterocycles. The third-order valence-electron chi connectivity index (χ3n) is 7.34. The lowest BCUT2D eigenvalue weighted by Crippen LogP contribution is -2.33. The summed E-state index contributed by atoms with van der Waals surface area (Å²) in [6, 6.07) is 12.6. The number of aromatic nitrogens is 3. The molecule has 3 heterocycles. The first-order valence-corrected chi connectivity index (χ1v) is 14.6. The van der Waals surface area contributed by atoms with E-state index in [9.17, 15) is 8.42 Å². The molecule has 2 N–H and O–H groups in total. The summed E-state index contributed by atoms with van der Waals surface area (Å²) >= 11 is 0. The number of nitrogens with zero attached hydrogens (tertiary/aromatic N) is 4. The summed E-state index contributed by atoms with van der Waals surface area (Å²) in [5, 5.41) is 7.22. The van der Waals surface area contributed by atoms with E-state index >= 15 is 4.39 Å². The number of halogens is 1. The number of aryl methyl sites for hydroxylation is 1. The third-order valence-corrected chi connectivity index (χ3v) is 9.72. The molecule has 0 radical (unpaired) electrons. The van der Waals surface area contributed by atoms with E-state index in [2.05, 4.69) is 32.5 Å². The Balaban J connectivity index is 1.37. The summed E-state index contributed by atoms with van der Waals surface area (Å²) < 4.78 is 41.6. The molecule has 39 heavy (non-hydrogen) atoms. The maximum atomic E-state index is 15.0. The number of rotatable bonds is 6. The molecule has 0 unspecified atom stereocenters. The van der Waals surface area contributed by atoms with Gasteiger partial charge in [0.15, 0.2) is 0 Å². The van der Waals surface area contributed by atoms with Crippen LogP contribution in [-0.2, 0) is 10.0 Å². The van der Waals surface area contributed by atoms with Gasteiger partial charge in [0, 0.05) is 34.7 Å². The van der Waals surface area contributed by atoms with Gasteiger partial charge in [-0.2, -0.15) is 4.98 Å². The monoisotopic (exact) mass is 550 g/mol. The van der Waals surface area contributed by atoms with E-state index in [-0.39, 0.29) is 11.7 Å². The van der Waals surface area contributed by atoms with Crippen molar-refractivity contribution in [2.75, 3.05) is 30.8 Å². The lowest BCUT2D eigenvalue weighted by Gasteiger charge is -2.29. The predicted molar refractivity (Wildman–Crippen MR) is 155 cm³/mol. The van der Waals surface area contributed by atoms with E-state index in [1.807, 2.05) is 31.2 Å². The molecule has 1 aliphatic rings. The molecule has 1 saturated heterocycles. The van der Waals surface area contributed by atoms with Crippen LogP contribution in [0, 0.1) is 12.7 Å². The maximum Gasteiger partial charge on any atom is 0.243 e. The van der Waals surface area contributed by atoms with Crippen LogP contribution in [0.25, 0.3) is 10.9 Å². The van der Waals surface area contributed by atoms with Crippen molar-refractivity contribution < 1.29 is 12.8 Å². The van der Waals surface area contributed by atoms with Crippen LogP contribution in [0.4, 0.5) is 27.5 Å². The number of nitrogens with one attached hydrogen (secondary N) is 2. The minimum absolute atomic E-state index is 0.221. The first kappa shape index (κ1) is 27.1. The van der Waals surface area contributed by atoms with Gasteiger partial charge in [0.1, 0.15) is 11.6 Å². The van der Waals surface area contributed by atoms with Crippen LogP contribution in [0.15, 0.2) is 54.9 Å². The van der Waals surface area contributed by atoms with Gasteiger partial charge < -0.3 is 15.5 Å². The lowest BCUT2D eigenvalue weighted by atomic mass is 9.89. The van der Waals surface area contributed by atoms with E-state index in [1.54, 1.807) is 45.3 Å². The molecule has 0 atom stereocenters. The van der Waals surface area contributed by atoms with Crippen LogP contribution in [0.5, 0.6) is 0 Å². The number of hydrogen-bond acceptors (Lipinski definition) is 7. The lowest BCUT2D eigenvalue weighted by molar-refractivity contribution is 0.253. The van der Waals surface area contributed by atoms with Crippen LogP contribution in [0.2, 0.25) is 0 Å². The number of fused-ring (bicyclic) bond motifs is 1. The fourth-order valence-corrected chi connectivity index (χ4v) is 6.06. The Morgan fingerprint density at radius 2 is 1.69 bits per heavy atom. The number of anilines is 4. The fourth-order valence-electron chi connectivity index (χ4n) is 4.84. The molecular weight excluding hydrogens is 515 g/mol. The largest absolute Gasteiger partial charge is 0.340 e. The summed E-state index contributed by atoms with van der Waals surface area (Å²) in [6.45, 7) is 8.88. The van der Waals surface area contributed by atoms with Crippen LogP contribution >= 0.6 is 0 Å². The second-order valence-electron chi connectivity index (χ2n) is 11.3. The van der Waals surface area contributed by atoms with Crippen molar-refractivity contribution in [1.29, 1.82) is 0 Å². The van der Waals surface area contributed by atoms with E-state index in [1.165, 1.54) is 10.0 Å². The summed E-state index contributed by atoms with van der Waals surface area (Å²) in [6.07, 6.45) is 5.18. The highest BCUT2D eigenvalue weighted by Crippen LogP contribution is 2.32. The highest BCUT2D eigenvalue weighted by Gasteiger charge is 2.31. The molecule has 0 saturated carbocycles. The fraction of sp³-hybridized carbons (Fsp3) is 0.379. The van der Waals surface area contributed by atoms with E-state index in [0.717, 1.165) is 42.4 Å². The van der Waals surface area contributed by atoms with Gasteiger partial charge in [-0.05, 0) is 102 Å². The Morgan fingerprint density at radius 3 is 2.38 bits per heavy atom. The Hall–Kier alpha value is -3.50. The van der Waals surface area contributed by atoms with Gasteiger partial charge in [0.05, 0.1) is 10.3 Å². The van der Waals surface area contributed by atoms with Gasteiger partial charge in [-0.25, -0.2) is 21.8 Å². The Bertz CT molecular complexity index is 1620. The number of hydrogen-bond donors (Lipinski definition) is 2. The second-order valence-corrected chi connectivity index (χ2v) is 13.9. The molecule has 2 aromatic heterocycles. The van der Waals surface area contributed by atoms with Crippen LogP contribution in [-0.4, -0.2) is 52.1 Å². The van der Waals surface area contributed by atoms with Crippen LogP contribution < -0.4 is 10.6 Å². The minimum Gasteiger partial charge on any atom is -0.340 e. The quantitative estimate of drug-likeness (QED) is 0.297. The van der Waals surface area contributed by atoms with Gasteiger partial charge in [-0.3, -0.25) is 0 Å². The molecule has 0 spiro atoms. The van der Waals surface area contributed by atoms with Crippen molar-refractivity contribution in [3.8, 4) is 0 Å². The molecular formula is C29H35FN6O2S. The minimum atomic E-state index is -3.59. The van der Waals surface area contributed by atoms with E-state index < -0.39 is 14.8 Å². The summed E-state index contributed by atoms with van der Waals surface area (Å²) in [5.41, 5.74) is 3.41. The average molecular weight is 551 g/mol. The molecule has 5 rings (SSSR count). The number of piperidine rings is 1. The summed E-state index contributed by atoms with van der Waals surface area (Å²) in [4.78, 5) is 11.2. The number of benzene rings is 2. The van der Waals surface area contributed by atoms with Crippen molar-refractivity contribution in [2.24, 2.45) is 0 Å². The third kappa shape index (κ3) is 5.49. The summed E-state index contributed by atoms with van der Waals surface area (Å²) in [5.74, 6) is 0.904. The Morgan fingerprint density at radius 1 is 1.00 bits per heavy atom. The Labute approximate surface area is 229 Å². The van der Waals surface area contributed by atoms with Gasteiger partial charge in [0.2, 0.25) is 16.0 Å². The Kier molecular flexibility index (Phi) is 7.11. The maximum absolute atomic E-state index is 15.0. The topological polar surface area (TPSA) is 92.2 Å².